The van der Waals surface area contributed by atoms with Crippen LogP contribution in [-0.2, 0) is 23.9 Å². The van der Waals surface area contributed by atoms with E-state index in [4.69, 9.17) is 4.74 Å². The maximum Gasteiger partial charge on any atom is 0.311 e. The average Bonchev–Trinajstić information content (AvgIpc) is 3.18. The summed E-state index contributed by atoms with van der Waals surface area (Å²) < 4.78 is 4.99. The van der Waals surface area contributed by atoms with Crippen LogP contribution in [0, 0.1) is 16.0 Å². The molecule has 4 amide bonds. The minimum atomic E-state index is -0.885. The lowest BCUT2D eigenvalue weighted by molar-refractivity contribution is -0.384. The Bertz CT molecular complexity index is 1160. The zero-order chi connectivity index (χ0) is 25.5. The molecule has 2 aromatic rings. The lowest BCUT2D eigenvalue weighted by Gasteiger charge is -2.17. The molecule has 3 N–H and O–H groups in total. The molecule has 182 valence electrons. The third-order valence-corrected chi connectivity index (χ3v) is 4.87. The van der Waals surface area contributed by atoms with E-state index in [-0.39, 0.29) is 30.1 Å². The van der Waals surface area contributed by atoms with Crippen LogP contribution >= 0.6 is 0 Å². The predicted octanol–water partition coefficient (Wildman–Crippen LogP) is 1.23. The van der Waals surface area contributed by atoms with Crippen LogP contribution in [0.5, 0.6) is 0 Å². The number of hydrogen-bond acceptors (Lipinski definition) is 8. The number of nitrogens with zero attached hydrogens (tertiary/aromatic N) is 2. The molecule has 0 aliphatic carbocycles. The highest BCUT2D eigenvalue weighted by molar-refractivity contribution is 5.97. The molecule has 0 unspecified atom stereocenters. The molecular weight excluding hydrogens is 462 g/mol. The summed E-state index contributed by atoms with van der Waals surface area (Å²) in [6.45, 7) is 0.642. The minimum absolute atomic E-state index is 0.0937. The second kappa shape index (κ2) is 10.9. The molecule has 13 heteroatoms. The zero-order valence-electron chi connectivity index (χ0n) is 18.5. The lowest BCUT2D eigenvalue weighted by atomic mass is 10.1. The highest BCUT2D eigenvalue weighted by Crippen LogP contribution is 2.19. The molecule has 1 fully saturated rings. The Morgan fingerprint density at radius 1 is 1.03 bits per heavy atom. The molecule has 1 saturated heterocycles. The number of rotatable bonds is 8. The molecule has 1 aliphatic heterocycles. The first-order valence-corrected chi connectivity index (χ1v) is 10.3. The molecule has 2 aromatic carbocycles. The van der Waals surface area contributed by atoms with Gasteiger partial charge in [0.2, 0.25) is 11.8 Å². The summed E-state index contributed by atoms with van der Waals surface area (Å²) in [5.74, 6) is -3.69. The van der Waals surface area contributed by atoms with E-state index in [1.54, 1.807) is 24.3 Å². The van der Waals surface area contributed by atoms with E-state index in [1.165, 1.54) is 19.1 Å². The summed E-state index contributed by atoms with van der Waals surface area (Å²) in [5, 5.41) is 16.8. The number of non-ortho nitro benzene ring substituents is 1. The number of hydrazine groups is 1. The fourth-order valence-electron chi connectivity index (χ4n) is 3.19. The topological polar surface area (TPSA) is 177 Å². The molecule has 1 atom stereocenters. The van der Waals surface area contributed by atoms with Crippen molar-refractivity contribution in [3.05, 3.63) is 64.2 Å². The standard InChI is InChI=1S/C22H21N5O8/c1-13(28)23-16-4-6-17(7-5-16)24-19(29)12-35-22(32)15-10-20(30)26(11-15)25-21(31)14-2-8-18(9-3-14)27(33)34/h2-9,15H,10-12H2,1H3,(H,23,28)(H,24,29)(H,25,31)/t15-/m0/s1. The van der Waals surface area contributed by atoms with E-state index >= 15 is 0 Å². The number of carbonyl (C=O) groups excluding carboxylic acids is 5. The molecule has 35 heavy (non-hydrogen) atoms. The number of hydrogen-bond donors (Lipinski definition) is 3. The number of ether oxygens (including phenoxy) is 1. The Morgan fingerprint density at radius 2 is 1.63 bits per heavy atom. The quantitative estimate of drug-likeness (QED) is 0.285. The Labute approximate surface area is 198 Å². The molecule has 0 aromatic heterocycles. The van der Waals surface area contributed by atoms with E-state index in [1.807, 2.05) is 0 Å². The van der Waals surface area contributed by atoms with Gasteiger partial charge in [0.1, 0.15) is 0 Å². The molecule has 0 radical (unpaired) electrons. The normalized spacial score (nSPS) is 14.7. The maximum absolute atomic E-state index is 12.3. The number of esters is 1. The van der Waals surface area contributed by atoms with Crippen LogP contribution in [0.25, 0.3) is 0 Å². The summed E-state index contributed by atoms with van der Waals surface area (Å²) in [6, 6.07) is 11.1. The number of benzene rings is 2. The van der Waals surface area contributed by atoms with Gasteiger partial charge in [-0.25, -0.2) is 0 Å². The van der Waals surface area contributed by atoms with Gasteiger partial charge < -0.3 is 15.4 Å². The number of anilines is 2. The maximum atomic E-state index is 12.3. The SMILES string of the molecule is CC(=O)Nc1ccc(NC(=O)COC(=O)[C@H]2CC(=O)N(NC(=O)c3ccc([N+](=O)[O-])cc3)C2)cc1. The molecule has 0 spiro atoms. The van der Waals surface area contributed by atoms with Crippen molar-refractivity contribution in [3.8, 4) is 0 Å². The van der Waals surface area contributed by atoms with Crippen LogP contribution in [0.3, 0.4) is 0 Å². The van der Waals surface area contributed by atoms with Gasteiger partial charge in [0.15, 0.2) is 6.61 Å². The summed E-state index contributed by atoms with van der Waals surface area (Å²) in [6.07, 6.45) is -0.217. The van der Waals surface area contributed by atoms with Crippen molar-refractivity contribution in [1.29, 1.82) is 0 Å². The van der Waals surface area contributed by atoms with Gasteiger partial charge in [0.25, 0.3) is 17.5 Å². The van der Waals surface area contributed by atoms with Crippen LogP contribution < -0.4 is 16.1 Å². The van der Waals surface area contributed by atoms with Crippen molar-refractivity contribution < 1.29 is 33.6 Å². The number of amides is 4. The van der Waals surface area contributed by atoms with E-state index < -0.39 is 41.1 Å². The van der Waals surface area contributed by atoms with Crippen LogP contribution in [0.2, 0.25) is 0 Å². The van der Waals surface area contributed by atoms with Crippen molar-refractivity contribution in [2.24, 2.45) is 5.92 Å². The van der Waals surface area contributed by atoms with Gasteiger partial charge in [-0.1, -0.05) is 0 Å². The number of carbonyl (C=O) groups is 5. The van der Waals surface area contributed by atoms with Crippen LogP contribution in [0.15, 0.2) is 48.5 Å². The first kappa shape index (κ1) is 24.8. The van der Waals surface area contributed by atoms with Crippen molar-refractivity contribution in [1.82, 2.24) is 10.4 Å². The molecule has 0 saturated carbocycles. The van der Waals surface area contributed by atoms with Crippen molar-refractivity contribution >= 4 is 46.7 Å². The van der Waals surface area contributed by atoms with Crippen molar-refractivity contribution in [3.63, 3.8) is 0 Å². The molecule has 1 aliphatic rings. The van der Waals surface area contributed by atoms with Gasteiger partial charge in [-0.2, -0.15) is 0 Å². The van der Waals surface area contributed by atoms with E-state index in [0.29, 0.717) is 11.4 Å². The summed E-state index contributed by atoms with van der Waals surface area (Å²) in [7, 11) is 0. The number of nitro benzene ring substituents is 1. The predicted molar refractivity (Wildman–Crippen MR) is 121 cm³/mol. The highest BCUT2D eigenvalue weighted by atomic mass is 16.6. The lowest BCUT2D eigenvalue weighted by Crippen LogP contribution is -2.43. The van der Waals surface area contributed by atoms with Gasteiger partial charge in [-0.15, -0.1) is 0 Å². The van der Waals surface area contributed by atoms with Gasteiger partial charge in [-0.05, 0) is 36.4 Å². The second-order valence-electron chi connectivity index (χ2n) is 7.56. The monoisotopic (exact) mass is 483 g/mol. The van der Waals surface area contributed by atoms with E-state index in [9.17, 15) is 34.1 Å². The smallest absolute Gasteiger partial charge is 0.311 e. The highest BCUT2D eigenvalue weighted by Gasteiger charge is 2.36. The van der Waals surface area contributed by atoms with Crippen molar-refractivity contribution in [2.75, 3.05) is 23.8 Å². The first-order valence-electron chi connectivity index (χ1n) is 10.3. The molecule has 1 heterocycles. The fourth-order valence-corrected chi connectivity index (χ4v) is 3.19. The van der Waals surface area contributed by atoms with Crippen LogP contribution in [-0.4, -0.2) is 52.7 Å². The molecule has 3 rings (SSSR count). The second-order valence-corrected chi connectivity index (χ2v) is 7.56. The van der Waals surface area contributed by atoms with Gasteiger partial charge in [0.05, 0.1) is 17.4 Å². The Balaban J connectivity index is 1.46. The Hall–Kier alpha value is -4.81. The third kappa shape index (κ3) is 6.83. The first-order chi connectivity index (χ1) is 16.6. The van der Waals surface area contributed by atoms with Crippen LogP contribution in [0.4, 0.5) is 17.1 Å². The summed E-state index contributed by atoms with van der Waals surface area (Å²) in [4.78, 5) is 70.0. The fraction of sp³-hybridized carbons (Fsp3) is 0.227. The van der Waals surface area contributed by atoms with Gasteiger partial charge >= 0.3 is 5.97 Å². The average molecular weight is 483 g/mol. The Morgan fingerprint density at radius 3 is 2.20 bits per heavy atom. The summed E-state index contributed by atoms with van der Waals surface area (Å²) in [5.41, 5.74) is 3.24. The van der Waals surface area contributed by atoms with Crippen molar-refractivity contribution in [2.45, 2.75) is 13.3 Å². The third-order valence-electron chi connectivity index (χ3n) is 4.87. The van der Waals surface area contributed by atoms with Gasteiger partial charge in [0, 0.05) is 42.4 Å². The number of nitro groups is 1. The largest absolute Gasteiger partial charge is 0.455 e. The number of nitrogens with one attached hydrogen (secondary N) is 3. The minimum Gasteiger partial charge on any atom is -0.455 e. The Kier molecular flexibility index (Phi) is 7.71. The summed E-state index contributed by atoms with van der Waals surface area (Å²) >= 11 is 0. The zero-order valence-corrected chi connectivity index (χ0v) is 18.5. The van der Waals surface area contributed by atoms with E-state index in [2.05, 4.69) is 16.1 Å². The molecular formula is C22H21N5O8. The molecule has 0 bridgehead atoms. The van der Waals surface area contributed by atoms with Gasteiger partial charge in [-0.3, -0.25) is 44.5 Å². The molecule has 13 nitrogen and oxygen atoms in total. The van der Waals surface area contributed by atoms with E-state index in [0.717, 1.165) is 17.1 Å². The van der Waals surface area contributed by atoms with Crippen LogP contribution in [0.1, 0.15) is 23.7 Å².